The van der Waals surface area contributed by atoms with E-state index in [9.17, 15) is 35.9 Å². The highest BCUT2D eigenvalue weighted by atomic mass is 19.4. The number of aromatic nitrogens is 4. The highest BCUT2D eigenvalue weighted by Crippen LogP contribution is 2.53. The Hall–Kier alpha value is -4.37. The van der Waals surface area contributed by atoms with Crippen molar-refractivity contribution in [2.75, 3.05) is 37.6 Å². The molecule has 1 aromatic carbocycles. The Morgan fingerprint density at radius 3 is 2.00 bits per heavy atom. The predicted octanol–water partition coefficient (Wildman–Crippen LogP) is 6.23. The first-order valence-corrected chi connectivity index (χ1v) is 16.7. The maximum Gasteiger partial charge on any atom is 0.416 e. The van der Waals surface area contributed by atoms with Gasteiger partial charge in [-0.15, -0.1) is 0 Å². The molecule has 1 aliphatic carbocycles. The van der Waals surface area contributed by atoms with E-state index >= 15 is 0 Å². The van der Waals surface area contributed by atoms with Crippen molar-refractivity contribution in [3.05, 3.63) is 59.7 Å². The molecule has 10 nitrogen and oxygen atoms in total. The van der Waals surface area contributed by atoms with E-state index in [1.165, 1.54) is 6.92 Å². The minimum absolute atomic E-state index is 0.0262. The van der Waals surface area contributed by atoms with Crippen molar-refractivity contribution in [2.24, 2.45) is 13.0 Å². The van der Waals surface area contributed by atoms with E-state index < -0.39 is 29.0 Å². The van der Waals surface area contributed by atoms with Crippen molar-refractivity contribution in [3.8, 4) is 11.1 Å². The number of alkyl halides is 6. The molecule has 4 heterocycles. The number of piperazine rings is 1. The Morgan fingerprint density at radius 2 is 1.48 bits per heavy atom. The number of hydrogen-bond donors (Lipinski definition) is 0. The van der Waals surface area contributed by atoms with Gasteiger partial charge in [-0.1, -0.05) is 6.92 Å². The van der Waals surface area contributed by atoms with Gasteiger partial charge in [0, 0.05) is 94.5 Å². The molecule has 3 fully saturated rings. The quantitative estimate of drug-likeness (QED) is 0.293. The topological polar surface area (TPSA) is 90.7 Å². The van der Waals surface area contributed by atoms with Gasteiger partial charge in [0.2, 0.25) is 11.9 Å². The lowest BCUT2D eigenvalue weighted by Gasteiger charge is -2.43. The van der Waals surface area contributed by atoms with Gasteiger partial charge in [0.15, 0.2) is 0 Å². The first kappa shape index (κ1) is 35.5. The Morgan fingerprint density at radius 1 is 0.880 bits per heavy atom. The fourth-order valence-corrected chi connectivity index (χ4v) is 7.44. The number of anilines is 1. The molecule has 2 aromatic heterocycles. The summed E-state index contributed by atoms with van der Waals surface area (Å²) in [6, 6.07) is 1.25. The van der Waals surface area contributed by atoms with E-state index in [2.05, 4.69) is 22.0 Å². The number of urea groups is 1. The van der Waals surface area contributed by atoms with Crippen LogP contribution in [0.25, 0.3) is 11.1 Å². The standard InChI is InChI=1S/C34H40F6N8O2/c1-22-16-32(22)7-6-29(5-4-8-48(32)31(50)46-11-9-45(10-12-46)23(2)49)47(30-41-17-25(18-42-30)26-19-43-44(3)21-26)20-24-13-27(33(35,36)37)15-28(14-24)34(38,39)40/h13-15,17-19,21-22,29H,4-12,16,20H2,1-3H3/t22-,29?,32?/m0/s1. The number of carbonyl (C=O) groups excluding carboxylic acids is 2. The van der Waals surface area contributed by atoms with Gasteiger partial charge in [0.25, 0.3) is 0 Å². The number of aryl methyl sites for hydroxylation is 1. The van der Waals surface area contributed by atoms with Crippen molar-refractivity contribution < 1.29 is 35.9 Å². The third-order valence-corrected chi connectivity index (χ3v) is 10.4. The number of likely N-dealkylation sites (tertiary alicyclic amines) is 1. The third-order valence-electron chi connectivity index (χ3n) is 10.4. The van der Waals surface area contributed by atoms with Crippen molar-refractivity contribution in [2.45, 2.75) is 76.4 Å². The molecule has 0 bridgehead atoms. The van der Waals surface area contributed by atoms with E-state index in [0.29, 0.717) is 64.0 Å². The lowest BCUT2D eigenvalue weighted by Crippen LogP contribution is -2.57. The van der Waals surface area contributed by atoms with Gasteiger partial charge in [-0.25, -0.2) is 14.8 Å². The second-order valence-corrected chi connectivity index (χ2v) is 13.7. The first-order valence-electron chi connectivity index (χ1n) is 16.7. The molecule has 1 saturated carbocycles. The van der Waals surface area contributed by atoms with Crippen LogP contribution in [0.1, 0.15) is 62.6 Å². The number of rotatable bonds is 5. The molecule has 3 aromatic rings. The monoisotopic (exact) mass is 706 g/mol. The Balaban J connectivity index is 1.29. The Kier molecular flexibility index (Phi) is 9.50. The molecular weight excluding hydrogens is 666 g/mol. The van der Waals surface area contributed by atoms with Crippen molar-refractivity contribution >= 4 is 17.9 Å². The van der Waals surface area contributed by atoms with Crippen molar-refractivity contribution in [3.63, 3.8) is 0 Å². The van der Waals surface area contributed by atoms with Gasteiger partial charge < -0.3 is 19.6 Å². The van der Waals surface area contributed by atoms with Crippen LogP contribution in [0.15, 0.2) is 43.0 Å². The van der Waals surface area contributed by atoms with Gasteiger partial charge in [0.1, 0.15) is 0 Å². The summed E-state index contributed by atoms with van der Waals surface area (Å²) >= 11 is 0. The summed E-state index contributed by atoms with van der Waals surface area (Å²) in [4.78, 5) is 42.0. The number of hydrogen-bond acceptors (Lipinski definition) is 6. The van der Waals surface area contributed by atoms with Crippen LogP contribution in [0.3, 0.4) is 0 Å². The summed E-state index contributed by atoms with van der Waals surface area (Å²) in [5.41, 5.74) is -1.92. The lowest BCUT2D eigenvalue weighted by atomic mass is 9.93. The second-order valence-electron chi connectivity index (χ2n) is 13.7. The second kappa shape index (κ2) is 13.4. The first-order chi connectivity index (χ1) is 23.5. The van der Waals surface area contributed by atoms with Crippen LogP contribution < -0.4 is 4.90 Å². The number of amides is 3. The Labute approximate surface area is 286 Å². The van der Waals surface area contributed by atoms with Crippen LogP contribution in [0, 0.1) is 5.92 Å². The summed E-state index contributed by atoms with van der Waals surface area (Å²) < 4.78 is 84.5. The normalized spacial score (nSPS) is 23.1. The molecule has 50 heavy (non-hydrogen) atoms. The van der Waals surface area contributed by atoms with Crippen molar-refractivity contribution in [1.29, 1.82) is 0 Å². The molecule has 0 radical (unpaired) electrons. The summed E-state index contributed by atoms with van der Waals surface area (Å²) in [7, 11) is 1.76. The molecule has 2 unspecified atom stereocenters. The van der Waals surface area contributed by atoms with Crippen LogP contribution in [0.4, 0.5) is 37.1 Å². The fourth-order valence-electron chi connectivity index (χ4n) is 7.44. The molecule has 6 rings (SSSR count). The SMILES string of the molecule is CC(=O)N1CCN(C(=O)N2CCCC(N(Cc3cc(C(F)(F)F)cc(C(F)(F)F)c3)c3ncc(-c4cnn(C)c4)cn3)CCC23C[C@@H]3C)CC1. The largest absolute Gasteiger partial charge is 0.416 e. The van der Waals surface area contributed by atoms with E-state index in [1.807, 2.05) is 4.90 Å². The number of nitrogens with zero attached hydrogens (tertiary/aromatic N) is 8. The number of carbonyl (C=O) groups is 2. The molecule has 3 amide bonds. The molecule has 2 aliphatic heterocycles. The van der Waals surface area contributed by atoms with Gasteiger partial charge >= 0.3 is 18.4 Å². The highest BCUT2D eigenvalue weighted by molar-refractivity contribution is 5.77. The zero-order valence-electron chi connectivity index (χ0n) is 28.1. The van der Waals surface area contributed by atoms with Gasteiger partial charge in [0.05, 0.1) is 17.3 Å². The average Bonchev–Trinajstić information content (AvgIpc) is 3.52. The summed E-state index contributed by atoms with van der Waals surface area (Å²) in [5, 5.41) is 4.16. The summed E-state index contributed by atoms with van der Waals surface area (Å²) in [5.74, 6) is 0.370. The summed E-state index contributed by atoms with van der Waals surface area (Å²) in [6.45, 7) is 5.60. The lowest BCUT2D eigenvalue weighted by molar-refractivity contribution is -0.143. The van der Waals surface area contributed by atoms with E-state index in [0.717, 1.165) is 24.1 Å². The molecule has 2 saturated heterocycles. The maximum atomic E-state index is 13.9. The zero-order chi connectivity index (χ0) is 36.0. The molecule has 1 spiro atoms. The number of benzene rings is 1. The van der Waals surface area contributed by atoms with Gasteiger partial charge in [-0.3, -0.25) is 9.48 Å². The van der Waals surface area contributed by atoms with E-state index in [1.54, 1.807) is 51.2 Å². The van der Waals surface area contributed by atoms with Crippen LogP contribution in [-0.2, 0) is 30.7 Å². The van der Waals surface area contributed by atoms with Crippen LogP contribution in [-0.4, -0.2) is 90.7 Å². The molecule has 270 valence electrons. The zero-order valence-corrected chi connectivity index (χ0v) is 28.1. The minimum Gasteiger partial charge on any atom is -0.339 e. The Bertz CT molecular complexity index is 1670. The molecular formula is C34H40F6N8O2. The van der Waals surface area contributed by atoms with E-state index in [-0.39, 0.29) is 48.0 Å². The highest BCUT2D eigenvalue weighted by Gasteiger charge is 2.58. The smallest absolute Gasteiger partial charge is 0.339 e. The average molecular weight is 707 g/mol. The van der Waals surface area contributed by atoms with Crippen molar-refractivity contribution in [1.82, 2.24) is 34.4 Å². The van der Waals surface area contributed by atoms with Crippen LogP contribution in [0.5, 0.6) is 0 Å². The minimum atomic E-state index is -4.98. The predicted molar refractivity (Wildman–Crippen MR) is 172 cm³/mol. The van der Waals surface area contributed by atoms with Gasteiger partial charge in [-0.2, -0.15) is 31.4 Å². The number of halogens is 6. The van der Waals surface area contributed by atoms with Crippen LogP contribution >= 0.6 is 0 Å². The third kappa shape index (κ3) is 7.38. The summed E-state index contributed by atoms with van der Waals surface area (Å²) in [6.07, 6.45) is -0.445. The molecule has 16 heteroatoms. The molecule has 3 aliphatic rings. The fraction of sp³-hybridized carbons (Fsp3) is 0.559. The van der Waals surface area contributed by atoms with E-state index in [4.69, 9.17) is 0 Å². The van der Waals surface area contributed by atoms with Crippen LogP contribution in [0.2, 0.25) is 0 Å². The molecule has 3 atom stereocenters. The molecule has 0 N–H and O–H groups in total. The maximum absolute atomic E-state index is 13.9. The van der Waals surface area contributed by atoms with Gasteiger partial charge in [-0.05, 0) is 61.8 Å².